The second-order valence-corrected chi connectivity index (χ2v) is 5.76. The first-order valence-corrected chi connectivity index (χ1v) is 6.76. The van der Waals surface area contributed by atoms with Gasteiger partial charge in [0, 0.05) is 24.7 Å². The van der Waals surface area contributed by atoms with Gasteiger partial charge in [-0.05, 0) is 24.5 Å². The number of methoxy groups -OCH3 is 1. The Bertz CT molecular complexity index is 504. The van der Waals surface area contributed by atoms with E-state index in [1.54, 1.807) is 0 Å². The number of allylic oxidation sites excluding steroid dienone is 6. The van der Waals surface area contributed by atoms with E-state index in [0.717, 1.165) is 13.1 Å². The molecule has 1 rings (SSSR count). The van der Waals surface area contributed by atoms with Crippen LogP contribution in [0.25, 0.3) is 0 Å². The van der Waals surface area contributed by atoms with Gasteiger partial charge in [-0.1, -0.05) is 20.4 Å². The Morgan fingerprint density at radius 1 is 1.33 bits per heavy atom. The molecule has 0 saturated carbocycles. The van der Waals surface area contributed by atoms with Gasteiger partial charge >= 0.3 is 0 Å². The smallest absolute Gasteiger partial charge is 0.188 e. The van der Waals surface area contributed by atoms with Crippen molar-refractivity contribution in [1.29, 1.82) is 0 Å². The number of ether oxygens (including phenoxy) is 1. The number of carbonyl (C=O) groups excluding carboxylic acids is 1. The summed E-state index contributed by atoms with van der Waals surface area (Å²) in [6, 6.07) is 0. The Kier molecular flexibility index (Phi) is 5.76. The molecule has 5 heteroatoms. The number of rotatable bonds is 5. The lowest BCUT2D eigenvalue weighted by atomic mass is 9.92. The SMILES string of the molecule is C=C(/C=C\C(F)=C(/C)OC)C(=O)C=C1NCC(C)(C)CN1. The summed E-state index contributed by atoms with van der Waals surface area (Å²) < 4.78 is 18.2. The first kappa shape index (κ1) is 17.0. The van der Waals surface area contributed by atoms with Gasteiger partial charge in [0.25, 0.3) is 0 Å². The molecule has 0 radical (unpaired) electrons. The van der Waals surface area contributed by atoms with E-state index < -0.39 is 5.83 Å². The van der Waals surface area contributed by atoms with Crippen LogP contribution in [0.2, 0.25) is 0 Å². The highest BCUT2D eigenvalue weighted by Crippen LogP contribution is 2.16. The first-order chi connectivity index (χ1) is 9.75. The van der Waals surface area contributed by atoms with Gasteiger partial charge in [0.05, 0.1) is 7.11 Å². The van der Waals surface area contributed by atoms with Crippen molar-refractivity contribution >= 4 is 5.78 Å². The third-order valence-corrected chi connectivity index (χ3v) is 3.18. The van der Waals surface area contributed by atoms with Gasteiger partial charge in [-0.25, -0.2) is 4.39 Å². The number of nitrogens with one attached hydrogen (secondary N) is 2. The third-order valence-electron chi connectivity index (χ3n) is 3.18. The van der Waals surface area contributed by atoms with Gasteiger partial charge in [-0.15, -0.1) is 0 Å². The molecule has 0 atom stereocenters. The van der Waals surface area contributed by atoms with Crippen molar-refractivity contribution in [2.45, 2.75) is 20.8 Å². The summed E-state index contributed by atoms with van der Waals surface area (Å²) in [5.74, 6) is 0.0132. The summed E-state index contributed by atoms with van der Waals surface area (Å²) in [4.78, 5) is 11.9. The molecule has 0 spiro atoms. The molecular formula is C16H23FN2O2. The van der Waals surface area contributed by atoms with E-state index in [-0.39, 0.29) is 22.5 Å². The number of halogens is 1. The average molecular weight is 294 g/mol. The number of hydrogen-bond donors (Lipinski definition) is 2. The Hall–Kier alpha value is -2.04. The summed E-state index contributed by atoms with van der Waals surface area (Å²) >= 11 is 0. The van der Waals surface area contributed by atoms with Crippen molar-refractivity contribution in [3.63, 3.8) is 0 Å². The third kappa shape index (κ3) is 5.45. The molecule has 1 aliphatic heterocycles. The van der Waals surface area contributed by atoms with E-state index in [1.165, 1.54) is 32.3 Å². The zero-order valence-electron chi connectivity index (χ0n) is 13.0. The molecule has 0 amide bonds. The summed E-state index contributed by atoms with van der Waals surface area (Å²) in [7, 11) is 1.38. The van der Waals surface area contributed by atoms with Crippen LogP contribution in [0, 0.1) is 5.41 Å². The largest absolute Gasteiger partial charge is 0.498 e. The highest BCUT2D eigenvalue weighted by atomic mass is 19.1. The van der Waals surface area contributed by atoms with Crippen LogP contribution in [0.3, 0.4) is 0 Å². The standard InChI is InChI=1S/C16H23FN2O2/c1-11(6-7-13(17)12(2)21-5)14(20)8-15-18-9-16(3,4)10-19-15/h6-8,18-19H,1,9-10H2,2-5H3/b7-6-,13-12-. The molecule has 0 aromatic rings. The van der Waals surface area contributed by atoms with Crippen LogP contribution in [-0.4, -0.2) is 26.0 Å². The van der Waals surface area contributed by atoms with Gasteiger partial charge in [0.2, 0.25) is 0 Å². The topological polar surface area (TPSA) is 50.4 Å². The van der Waals surface area contributed by atoms with E-state index >= 15 is 0 Å². The summed E-state index contributed by atoms with van der Waals surface area (Å²) in [6.45, 7) is 11.0. The van der Waals surface area contributed by atoms with Crippen LogP contribution < -0.4 is 10.6 Å². The van der Waals surface area contributed by atoms with E-state index in [2.05, 4.69) is 31.1 Å². The molecular weight excluding hydrogens is 271 g/mol. The molecule has 1 heterocycles. The molecule has 1 aliphatic rings. The Morgan fingerprint density at radius 2 is 1.90 bits per heavy atom. The van der Waals surface area contributed by atoms with E-state index in [1.807, 2.05) is 0 Å². The normalized spacial score (nSPS) is 18.4. The Morgan fingerprint density at radius 3 is 2.43 bits per heavy atom. The Labute approximate surface area is 125 Å². The van der Waals surface area contributed by atoms with Crippen molar-refractivity contribution in [3.05, 3.63) is 47.8 Å². The van der Waals surface area contributed by atoms with Gasteiger partial charge in [0.15, 0.2) is 11.6 Å². The van der Waals surface area contributed by atoms with Crippen LogP contribution in [0.15, 0.2) is 47.8 Å². The molecule has 0 bridgehead atoms. The van der Waals surface area contributed by atoms with Gasteiger partial charge in [-0.3, -0.25) is 4.79 Å². The number of carbonyl (C=O) groups is 1. The van der Waals surface area contributed by atoms with Crippen LogP contribution in [0.1, 0.15) is 20.8 Å². The lowest BCUT2D eigenvalue weighted by molar-refractivity contribution is -0.111. The molecule has 116 valence electrons. The van der Waals surface area contributed by atoms with Gasteiger partial charge in [-0.2, -0.15) is 0 Å². The van der Waals surface area contributed by atoms with E-state index in [0.29, 0.717) is 5.82 Å². The summed E-state index contributed by atoms with van der Waals surface area (Å²) in [5, 5.41) is 6.30. The summed E-state index contributed by atoms with van der Waals surface area (Å²) in [5.41, 5.74) is 0.345. The molecule has 1 saturated heterocycles. The second-order valence-electron chi connectivity index (χ2n) is 5.76. The van der Waals surface area contributed by atoms with Crippen molar-refractivity contribution in [2.75, 3.05) is 20.2 Å². The predicted molar refractivity (Wildman–Crippen MR) is 82.0 cm³/mol. The zero-order chi connectivity index (χ0) is 16.0. The maximum absolute atomic E-state index is 13.4. The van der Waals surface area contributed by atoms with Crippen LogP contribution in [0.5, 0.6) is 0 Å². The van der Waals surface area contributed by atoms with Crippen molar-refractivity contribution in [3.8, 4) is 0 Å². The van der Waals surface area contributed by atoms with Crippen molar-refractivity contribution < 1.29 is 13.9 Å². The highest BCUT2D eigenvalue weighted by molar-refractivity contribution is 6.05. The van der Waals surface area contributed by atoms with Crippen molar-refractivity contribution in [1.82, 2.24) is 10.6 Å². The minimum atomic E-state index is -0.533. The Balaban J connectivity index is 2.64. The molecule has 0 aliphatic carbocycles. The fourth-order valence-corrected chi connectivity index (χ4v) is 1.59. The lowest BCUT2D eigenvalue weighted by Gasteiger charge is -2.33. The first-order valence-electron chi connectivity index (χ1n) is 6.76. The number of ketones is 1. The average Bonchev–Trinajstić information content (AvgIpc) is 2.45. The van der Waals surface area contributed by atoms with Gasteiger partial charge in [0.1, 0.15) is 11.6 Å². The molecule has 0 aromatic carbocycles. The molecule has 0 unspecified atom stereocenters. The fourth-order valence-electron chi connectivity index (χ4n) is 1.59. The predicted octanol–water partition coefficient (Wildman–Crippen LogP) is 2.58. The van der Waals surface area contributed by atoms with Crippen LogP contribution in [0.4, 0.5) is 4.39 Å². The zero-order valence-corrected chi connectivity index (χ0v) is 13.0. The second kappa shape index (κ2) is 7.11. The van der Waals surface area contributed by atoms with Gasteiger partial charge < -0.3 is 15.4 Å². The fraction of sp³-hybridized carbons (Fsp3) is 0.438. The maximum Gasteiger partial charge on any atom is 0.188 e. The lowest BCUT2D eigenvalue weighted by Crippen LogP contribution is -2.47. The van der Waals surface area contributed by atoms with Crippen molar-refractivity contribution in [2.24, 2.45) is 5.41 Å². The molecule has 1 fully saturated rings. The van der Waals surface area contributed by atoms with E-state index in [9.17, 15) is 9.18 Å². The van der Waals surface area contributed by atoms with Crippen LogP contribution in [-0.2, 0) is 9.53 Å². The molecule has 21 heavy (non-hydrogen) atoms. The monoisotopic (exact) mass is 294 g/mol. The van der Waals surface area contributed by atoms with Crippen LogP contribution >= 0.6 is 0 Å². The molecule has 0 aromatic heterocycles. The number of hydrogen-bond acceptors (Lipinski definition) is 4. The highest BCUT2D eigenvalue weighted by Gasteiger charge is 2.22. The quantitative estimate of drug-likeness (QED) is 0.465. The molecule has 2 N–H and O–H groups in total. The maximum atomic E-state index is 13.4. The minimum absolute atomic E-state index is 0.142. The summed E-state index contributed by atoms with van der Waals surface area (Å²) in [6.07, 6.45) is 3.94. The molecule has 4 nitrogen and oxygen atoms in total. The minimum Gasteiger partial charge on any atom is -0.498 e. The van der Waals surface area contributed by atoms with E-state index in [4.69, 9.17) is 4.74 Å².